The number of pyridine rings is 1. The highest BCUT2D eigenvalue weighted by atomic mass is 35.5. The van der Waals surface area contributed by atoms with Gasteiger partial charge in [-0.25, -0.2) is 4.39 Å². The third kappa shape index (κ3) is 3.31. The minimum Gasteiger partial charge on any atom is -0.480 e. The van der Waals surface area contributed by atoms with Crippen LogP contribution >= 0.6 is 11.6 Å². The van der Waals surface area contributed by atoms with Crippen LogP contribution < -0.4 is 5.32 Å². The molecule has 1 aromatic heterocycles. The van der Waals surface area contributed by atoms with Crippen molar-refractivity contribution in [2.45, 2.75) is 12.6 Å². The average Bonchev–Trinajstić information content (AvgIpc) is 2.42. The van der Waals surface area contributed by atoms with E-state index in [4.69, 9.17) is 11.6 Å². The first kappa shape index (κ1) is 14.4. The molecule has 2 rings (SSSR count). The van der Waals surface area contributed by atoms with Gasteiger partial charge in [-0.05, 0) is 24.3 Å². The number of carboxylic acids is 1. The lowest BCUT2D eigenvalue weighted by Crippen LogP contribution is -2.29. The lowest BCUT2D eigenvalue weighted by molar-refractivity contribution is -0.139. The van der Waals surface area contributed by atoms with Gasteiger partial charge in [-0.3, -0.25) is 15.1 Å². The second-order valence-electron chi connectivity index (χ2n) is 4.11. The largest absolute Gasteiger partial charge is 0.480 e. The summed E-state index contributed by atoms with van der Waals surface area (Å²) >= 11 is 5.89. The number of hydrogen-bond acceptors (Lipinski definition) is 3. The smallest absolute Gasteiger partial charge is 0.325 e. The van der Waals surface area contributed by atoms with Crippen molar-refractivity contribution in [1.29, 1.82) is 0 Å². The normalized spacial score (nSPS) is 12.1. The number of carboxylic acid groups (broad SMARTS) is 1. The summed E-state index contributed by atoms with van der Waals surface area (Å²) in [6, 6.07) is 8.12. The Morgan fingerprint density at radius 2 is 2.15 bits per heavy atom. The van der Waals surface area contributed by atoms with Crippen LogP contribution in [0.2, 0.25) is 5.02 Å². The maximum atomic E-state index is 13.8. The van der Waals surface area contributed by atoms with E-state index in [1.165, 1.54) is 18.2 Å². The number of rotatable bonds is 5. The van der Waals surface area contributed by atoms with E-state index in [2.05, 4.69) is 10.3 Å². The zero-order chi connectivity index (χ0) is 14.5. The van der Waals surface area contributed by atoms with Gasteiger partial charge in [0.2, 0.25) is 0 Å². The summed E-state index contributed by atoms with van der Waals surface area (Å²) < 4.78 is 13.8. The molecule has 0 radical (unpaired) electrons. The number of aromatic nitrogens is 1. The Morgan fingerprint density at radius 1 is 1.35 bits per heavy atom. The third-order valence-electron chi connectivity index (χ3n) is 2.75. The van der Waals surface area contributed by atoms with E-state index in [0.717, 1.165) is 0 Å². The molecule has 0 fully saturated rings. The fourth-order valence-electron chi connectivity index (χ4n) is 1.81. The van der Waals surface area contributed by atoms with Crippen LogP contribution in [-0.2, 0) is 11.3 Å². The second kappa shape index (κ2) is 6.45. The molecule has 4 nitrogen and oxygen atoms in total. The van der Waals surface area contributed by atoms with Crippen molar-refractivity contribution in [3.8, 4) is 0 Å². The molecule has 0 aliphatic heterocycles. The molecule has 0 aliphatic carbocycles. The van der Waals surface area contributed by atoms with Gasteiger partial charge in [0.25, 0.3) is 0 Å². The van der Waals surface area contributed by atoms with Gasteiger partial charge in [-0.2, -0.15) is 0 Å². The van der Waals surface area contributed by atoms with Gasteiger partial charge in [-0.15, -0.1) is 0 Å². The fourth-order valence-corrected chi connectivity index (χ4v) is 2.08. The molecule has 0 aliphatic rings. The molecule has 1 unspecified atom stereocenters. The van der Waals surface area contributed by atoms with E-state index in [1.807, 2.05) is 0 Å². The second-order valence-corrected chi connectivity index (χ2v) is 4.52. The van der Waals surface area contributed by atoms with Gasteiger partial charge in [0.05, 0.1) is 5.69 Å². The Balaban J connectivity index is 2.22. The number of aliphatic carboxylic acids is 1. The topological polar surface area (TPSA) is 62.2 Å². The molecule has 0 spiro atoms. The highest BCUT2D eigenvalue weighted by Gasteiger charge is 2.25. The number of benzene rings is 1. The molecule has 1 atom stereocenters. The molecule has 0 amide bonds. The average molecular weight is 295 g/mol. The molecule has 2 N–H and O–H groups in total. The first-order valence-corrected chi connectivity index (χ1v) is 6.27. The molecule has 0 saturated heterocycles. The summed E-state index contributed by atoms with van der Waals surface area (Å²) in [4.78, 5) is 15.4. The van der Waals surface area contributed by atoms with Crippen molar-refractivity contribution < 1.29 is 14.3 Å². The molecule has 20 heavy (non-hydrogen) atoms. The van der Waals surface area contributed by atoms with E-state index in [9.17, 15) is 14.3 Å². The van der Waals surface area contributed by atoms with Gasteiger partial charge in [0.1, 0.15) is 11.9 Å². The Kier molecular flexibility index (Phi) is 4.65. The van der Waals surface area contributed by atoms with Gasteiger partial charge < -0.3 is 5.11 Å². The zero-order valence-electron chi connectivity index (χ0n) is 10.4. The van der Waals surface area contributed by atoms with Crippen LogP contribution in [-0.4, -0.2) is 16.1 Å². The van der Waals surface area contributed by atoms with Crippen molar-refractivity contribution in [3.05, 3.63) is 64.7 Å². The molecule has 1 heterocycles. The maximum Gasteiger partial charge on any atom is 0.325 e. The third-order valence-corrected chi connectivity index (χ3v) is 3.08. The Labute approximate surface area is 120 Å². The van der Waals surface area contributed by atoms with Crippen LogP contribution in [0.4, 0.5) is 4.39 Å². The molecule has 6 heteroatoms. The van der Waals surface area contributed by atoms with Crippen molar-refractivity contribution in [1.82, 2.24) is 10.3 Å². The summed E-state index contributed by atoms with van der Waals surface area (Å²) in [6.07, 6.45) is 1.60. The minimum atomic E-state index is -1.23. The van der Waals surface area contributed by atoms with Gasteiger partial charge in [0.15, 0.2) is 0 Å². The van der Waals surface area contributed by atoms with Crippen LogP contribution in [0.15, 0.2) is 42.6 Å². The fraction of sp³-hybridized carbons (Fsp3) is 0.143. The summed E-state index contributed by atoms with van der Waals surface area (Å²) in [7, 11) is 0. The number of halogens is 2. The van der Waals surface area contributed by atoms with Crippen molar-refractivity contribution >= 4 is 17.6 Å². The van der Waals surface area contributed by atoms with Gasteiger partial charge in [-0.1, -0.05) is 23.7 Å². The van der Waals surface area contributed by atoms with Crippen LogP contribution in [0.3, 0.4) is 0 Å². The van der Waals surface area contributed by atoms with E-state index in [-0.39, 0.29) is 17.1 Å². The van der Waals surface area contributed by atoms with E-state index >= 15 is 0 Å². The Hall–Kier alpha value is -1.98. The van der Waals surface area contributed by atoms with Crippen molar-refractivity contribution in [2.75, 3.05) is 0 Å². The first-order valence-electron chi connectivity index (χ1n) is 5.89. The SMILES string of the molecule is O=C(O)C(NCc1ccccn1)c1c(F)cccc1Cl. The first-order chi connectivity index (χ1) is 9.59. The quantitative estimate of drug-likeness (QED) is 0.890. The number of hydrogen-bond donors (Lipinski definition) is 2. The monoisotopic (exact) mass is 294 g/mol. The molecule has 1 aromatic carbocycles. The van der Waals surface area contributed by atoms with Crippen molar-refractivity contribution in [3.63, 3.8) is 0 Å². The maximum absolute atomic E-state index is 13.8. The summed E-state index contributed by atoms with van der Waals surface area (Å²) in [5, 5.41) is 12.1. The lowest BCUT2D eigenvalue weighted by Gasteiger charge is -2.16. The predicted octanol–water partition coefficient (Wildman–Crippen LogP) is 2.79. The van der Waals surface area contributed by atoms with Gasteiger partial charge in [0, 0.05) is 23.3 Å². The molecular weight excluding hydrogens is 283 g/mol. The molecule has 104 valence electrons. The van der Waals surface area contributed by atoms with Gasteiger partial charge >= 0.3 is 5.97 Å². The highest BCUT2D eigenvalue weighted by Crippen LogP contribution is 2.26. The molecular formula is C14H12ClFN2O2. The van der Waals surface area contributed by atoms with Crippen LogP contribution in [0.5, 0.6) is 0 Å². The zero-order valence-corrected chi connectivity index (χ0v) is 11.1. The Bertz CT molecular complexity index is 587. The molecule has 0 saturated carbocycles. The molecule has 0 bridgehead atoms. The van der Waals surface area contributed by atoms with E-state index < -0.39 is 17.8 Å². The minimum absolute atomic E-state index is 0.0717. The number of nitrogens with one attached hydrogen (secondary N) is 1. The summed E-state index contributed by atoms with van der Waals surface area (Å²) in [5.41, 5.74) is 0.587. The van der Waals surface area contributed by atoms with Crippen molar-refractivity contribution in [2.24, 2.45) is 0 Å². The summed E-state index contributed by atoms with van der Waals surface area (Å²) in [5.74, 6) is -1.86. The number of nitrogens with zero attached hydrogens (tertiary/aromatic N) is 1. The summed E-state index contributed by atoms with van der Waals surface area (Å²) in [6.45, 7) is 0.197. The van der Waals surface area contributed by atoms with Crippen LogP contribution in [0.25, 0.3) is 0 Å². The number of carbonyl (C=O) groups is 1. The molecule has 2 aromatic rings. The Morgan fingerprint density at radius 3 is 2.75 bits per heavy atom. The standard InChI is InChI=1S/C14H12ClFN2O2/c15-10-5-3-6-11(16)12(10)13(14(19)20)18-8-9-4-1-2-7-17-9/h1-7,13,18H,8H2,(H,19,20). The lowest BCUT2D eigenvalue weighted by atomic mass is 10.1. The highest BCUT2D eigenvalue weighted by molar-refractivity contribution is 6.31. The van der Waals surface area contributed by atoms with E-state index in [0.29, 0.717) is 5.69 Å². The van der Waals surface area contributed by atoms with Crippen LogP contribution in [0.1, 0.15) is 17.3 Å². The van der Waals surface area contributed by atoms with Crippen LogP contribution in [0, 0.1) is 5.82 Å². The van der Waals surface area contributed by atoms with E-state index in [1.54, 1.807) is 24.4 Å². The predicted molar refractivity (Wildman–Crippen MR) is 72.9 cm³/mol.